The lowest BCUT2D eigenvalue weighted by molar-refractivity contribution is 1.28. The second kappa shape index (κ2) is 4.71. The highest BCUT2D eigenvalue weighted by molar-refractivity contribution is 6.33. The molecule has 0 spiro atoms. The summed E-state index contributed by atoms with van der Waals surface area (Å²) in [4.78, 5) is 8.30. The molecular formula is C12H9ClN2. The molecule has 0 aliphatic heterocycles. The van der Waals surface area contributed by atoms with E-state index in [1.54, 1.807) is 12.4 Å². The summed E-state index contributed by atoms with van der Waals surface area (Å²) in [6, 6.07) is 13.1. The Kier molecular flexibility index (Phi) is 3.10. The van der Waals surface area contributed by atoms with Gasteiger partial charge in [-0.25, -0.2) is 9.98 Å². The van der Waals surface area contributed by atoms with Crippen LogP contribution in [0.5, 0.6) is 0 Å². The minimum absolute atomic E-state index is 0.678. The second-order valence-electron chi connectivity index (χ2n) is 2.97. The molecule has 0 aliphatic carbocycles. The summed E-state index contributed by atoms with van der Waals surface area (Å²) < 4.78 is 0. The smallest absolute Gasteiger partial charge is 0.151 e. The molecule has 0 saturated carbocycles. The van der Waals surface area contributed by atoms with E-state index in [-0.39, 0.29) is 0 Å². The first kappa shape index (κ1) is 9.87. The molecule has 2 rings (SSSR count). The van der Waals surface area contributed by atoms with E-state index < -0.39 is 0 Å². The van der Waals surface area contributed by atoms with E-state index in [9.17, 15) is 0 Å². The van der Waals surface area contributed by atoms with Crippen molar-refractivity contribution in [1.82, 2.24) is 4.98 Å². The molecule has 2 aromatic rings. The number of nitrogens with zero attached hydrogens (tertiary/aromatic N) is 2. The van der Waals surface area contributed by atoms with E-state index in [2.05, 4.69) is 9.98 Å². The van der Waals surface area contributed by atoms with Gasteiger partial charge in [-0.2, -0.15) is 0 Å². The van der Waals surface area contributed by atoms with Crippen LogP contribution in [-0.4, -0.2) is 11.2 Å². The Balaban J connectivity index is 2.23. The number of halogens is 1. The number of aliphatic imine (C=N–C) groups is 1. The molecule has 15 heavy (non-hydrogen) atoms. The van der Waals surface area contributed by atoms with Crippen LogP contribution in [0.2, 0.25) is 5.02 Å². The van der Waals surface area contributed by atoms with Crippen molar-refractivity contribution in [2.45, 2.75) is 0 Å². The van der Waals surface area contributed by atoms with Crippen molar-refractivity contribution < 1.29 is 0 Å². The molecule has 3 heteroatoms. The quantitative estimate of drug-likeness (QED) is 0.706. The van der Waals surface area contributed by atoms with Crippen molar-refractivity contribution in [3.05, 3.63) is 59.2 Å². The summed E-state index contributed by atoms with van der Waals surface area (Å²) in [7, 11) is 0. The van der Waals surface area contributed by atoms with E-state index in [0.717, 1.165) is 5.56 Å². The summed E-state index contributed by atoms with van der Waals surface area (Å²) in [5.74, 6) is 0.678. The molecule has 2 nitrogen and oxygen atoms in total. The number of pyridine rings is 1. The van der Waals surface area contributed by atoms with Crippen molar-refractivity contribution in [2.24, 2.45) is 4.99 Å². The van der Waals surface area contributed by atoms with Crippen molar-refractivity contribution in [3.63, 3.8) is 0 Å². The predicted molar refractivity (Wildman–Crippen MR) is 62.9 cm³/mol. The maximum absolute atomic E-state index is 5.98. The van der Waals surface area contributed by atoms with Crippen LogP contribution in [-0.2, 0) is 0 Å². The molecule has 0 radical (unpaired) electrons. The van der Waals surface area contributed by atoms with Gasteiger partial charge in [-0.3, -0.25) is 0 Å². The molecule has 0 amide bonds. The fourth-order valence-corrected chi connectivity index (χ4v) is 1.33. The second-order valence-corrected chi connectivity index (χ2v) is 3.37. The van der Waals surface area contributed by atoms with Gasteiger partial charge >= 0.3 is 0 Å². The van der Waals surface area contributed by atoms with Crippen LogP contribution in [0.1, 0.15) is 5.56 Å². The lowest BCUT2D eigenvalue weighted by Crippen LogP contribution is -1.81. The third-order valence-corrected chi connectivity index (χ3v) is 2.23. The molecule has 0 fully saturated rings. The van der Waals surface area contributed by atoms with Gasteiger partial charge in [-0.15, -0.1) is 0 Å². The largest absolute Gasteiger partial charge is 0.237 e. The van der Waals surface area contributed by atoms with Gasteiger partial charge < -0.3 is 0 Å². The summed E-state index contributed by atoms with van der Waals surface area (Å²) in [6.45, 7) is 0. The van der Waals surface area contributed by atoms with Gasteiger partial charge in [-0.05, 0) is 18.2 Å². The topological polar surface area (TPSA) is 25.2 Å². The van der Waals surface area contributed by atoms with E-state index in [1.165, 1.54) is 0 Å². The summed E-state index contributed by atoms with van der Waals surface area (Å²) >= 11 is 5.98. The first-order chi connectivity index (χ1) is 7.36. The van der Waals surface area contributed by atoms with Crippen LogP contribution in [0.4, 0.5) is 5.82 Å². The van der Waals surface area contributed by atoms with E-state index in [1.807, 2.05) is 42.5 Å². The minimum Gasteiger partial charge on any atom is -0.237 e. The van der Waals surface area contributed by atoms with E-state index in [0.29, 0.717) is 10.8 Å². The summed E-state index contributed by atoms with van der Waals surface area (Å²) in [5.41, 5.74) is 0.893. The van der Waals surface area contributed by atoms with Gasteiger partial charge in [-0.1, -0.05) is 35.9 Å². The fraction of sp³-hybridized carbons (Fsp3) is 0. The molecule has 0 atom stereocenters. The van der Waals surface area contributed by atoms with E-state index in [4.69, 9.17) is 11.6 Å². The molecule has 1 aromatic carbocycles. The monoisotopic (exact) mass is 216 g/mol. The Bertz CT molecular complexity index is 466. The van der Waals surface area contributed by atoms with Gasteiger partial charge in [0.15, 0.2) is 5.82 Å². The van der Waals surface area contributed by atoms with Crippen LogP contribution in [0, 0.1) is 0 Å². The highest BCUT2D eigenvalue weighted by atomic mass is 35.5. The highest BCUT2D eigenvalue weighted by Gasteiger charge is 1.94. The fourth-order valence-electron chi connectivity index (χ4n) is 1.15. The Hall–Kier alpha value is -1.67. The maximum atomic E-state index is 5.98. The zero-order valence-corrected chi connectivity index (χ0v) is 8.72. The molecular weight excluding hydrogens is 208 g/mol. The van der Waals surface area contributed by atoms with Crippen LogP contribution < -0.4 is 0 Å². The Morgan fingerprint density at radius 3 is 2.60 bits per heavy atom. The lowest BCUT2D eigenvalue weighted by atomic mass is 10.2. The average Bonchev–Trinajstić information content (AvgIpc) is 2.29. The first-order valence-electron chi connectivity index (χ1n) is 4.56. The zero-order valence-electron chi connectivity index (χ0n) is 7.97. The minimum atomic E-state index is 0.678. The van der Waals surface area contributed by atoms with E-state index >= 15 is 0 Å². The van der Waals surface area contributed by atoms with Crippen molar-refractivity contribution in [2.75, 3.05) is 0 Å². The molecule has 1 aromatic heterocycles. The number of rotatable bonds is 2. The highest BCUT2D eigenvalue weighted by Crippen LogP contribution is 2.13. The van der Waals surface area contributed by atoms with Gasteiger partial charge in [0.1, 0.15) is 0 Å². The molecule has 0 saturated heterocycles. The average molecular weight is 217 g/mol. The van der Waals surface area contributed by atoms with Gasteiger partial charge in [0.2, 0.25) is 0 Å². The molecule has 74 valence electrons. The van der Waals surface area contributed by atoms with Crippen LogP contribution in [0.25, 0.3) is 0 Å². The van der Waals surface area contributed by atoms with Crippen LogP contribution in [0.15, 0.2) is 53.7 Å². The molecule has 0 bridgehead atoms. The summed E-state index contributed by atoms with van der Waals surface area (Å²) in [5, 5.41) is 0.692. The Labute approximate surface area is 93.3 Å². The van der Waals surface area contributed by atoms with Crippen molar-refractivity contribution in [1.29, 1.82) is 0 Å². The third-order valence-electron chi connectivity index (χ3n) is 1.89. The van der Waals surface area contributed by atoms with Gasteiger partial charge in [0.05, 0.1) is 0 Å². The first-order valence-corrected chi connectivity index (χ1v) is 4.94. The number of hydrogen-bond acceptors (Lipinski definition) is 2. The van der Waals surface area contributed by atoms with Crippen LogP contribution >= 0.6 is 11.6 Å². The molecule has 0 aliphatic rings. The third kappa shape index (κ3) is 2.64. The van der Waals surface area contributed by atoms with Crippen molar-refractivity contribution in [3.8, 4) is 0 Å². The standard InChI is InChI=1S/C12H9ClN2/c13-11-6-2-1-5-10(11)9-15-12-7-3-4-8-14-12/h1-9H/b15-9+. The molecule has 0 N–H and O–H groups in total. The lowest BCUT2D eigenvalue weighted by Gasteiger charge is -1.95. The Morgan fingerprint density at radius 1 is 1.07 bits per heavy atom. The number of benzene rings is 1. The maximum Gasteiger partial charge on any atom is 0.151 e. The van der Waals surface area contributed by atoms with Crippen molar-refractivity contribution >= 4 is 23.6 Å². The zero-order chi connectivity index (χ0) is 10.5. The molecule has 0 unspecified atom stereocenters. The van der Waals surface area contributed by atoms with Gasteiger partial charge in [0, 0.05) is 23.0 Å². The number of aromatic nitrogens is 1. The SMILES string of the molecule is Clc1ccccc1/C=N/c1ccccn1. The number of hydrogen-bond donors (Lipinski definition) is 0. The Morgan fingerprint density at radius 2 is 1.87 bits per heavy atom. The normalized spacial score (nSPS) is 10.7. The summed E-state index contributed by atoms with van der Waals surface area (Å²) in [6.07, 6.45) is 3.42. The predicted octanol–water partition coefficient (Wildman–Crippen LogP) is 3.49. The van der Waals surface area contributed by atoms with Crippen LogP contribution in [0.3, 0.4) is 0 Å². The van der Waals surface area contributed by atoms with Gasteiger partial charge in [0.25, 0.3) is 0 Å². The molecule has 1 heterocycles.